The predicted molar refractivity (Wildman–Crippen MR) is 66.8 cm³/mol. The summed E-state index contributed by atoms with van der Waals surface area (Å²) in [6, 6.07) is 1.92. The standard InChI is InChI=1S/C6H12Cl4Si2/c7-5(8)3-11-1-2-12-4-6(9)10/h1-2,5-6H,3-4,11-12H2. The lowest BCUT2D eigenvalue weighted by atomic mass is 10.9. The molecule has 0 heterocycles. The summed E-state index contributed by atoms with van der Waals surface area (Å²) < 4.78 is 0. The zero-order valence-electron chi connectivity index (χ0n) is 6.65. The molecule has 0 aliphatic heterocycles. The Labute approximate surface area is 98.2 Å². The minimum Gasteiger partial charge on any atom is -0.110 e. The normalized spacial score (nSPS) is 14.2. The summed E-state index contributed by atoms with van der Waals surface area (Å²) in [5.74, 6) is 0. The fraction of sp³-hybridized carbons (Fsp3) is 0.667. The maximum atomic E-state index is 5.58. The maximum absolute atomic E-state index is 5.58. The van der Waals surface area contributed by atoms with E-state index in [0.717, 1.165) is 12.1 Å². The van der Waals surface area contributed by atoms with Crippen LogP contribution in [-0.2, 0) is 0 Å². The number of hydrogen-bond donors (Lipinski definition) is 0. The van der Waals surface area contributed by atoms with Crippen LogP contribution in [0.15, 0.2) is 11.4 Å². The Kier molecular flexibility index (Phi) is 9.90. The summed E-state index contributed by atoms with van der Waals surface area (Å²) in [4.78, 5) is -0.367. The van der Waals surface area contributed by atoms with Gasteiger partial charge < -0.3 is 0 Å². The van der Waals surface area contributed by atoms with Gasteiger partial charge in [-0.1, -0.05) is 0 Å². The van der Waals surface area contributed by atoms with Gasteiger partial charge in [0.25, 0.3) is 0 Å². The number of halogens is 4. The van der Waals surface area contributed by atoms with Gasteiger partial charge >= 0.3 is 0 Å². The van der Waals surface area contributed by atoms with E-state index in [1.54, 1.807) is 0 Å². The Hall–Kier alpha value is 1.33. The second kappa shape index (κ2) is 8.91. The first kappa shape index (κ1) is 13.3. The Morgan fingerprint density at radius 1 is 0.833 bits per heavy atom. The van der Waals surface area contributed by atoms with Crippen LogP contribution in [0.25, 0.3) is 0 Å². The number of alkyl halides is 4. The summed E-state index contributed by atoms with van der Waals surface area (Å²) in [5, 5.41) is 0. The van der Waals surface area contributed by atoms with Crippen molar-refractivity contribution in [1.82, 2.24) is 0 Å². The van der Waals surface area contributed by atoms with Gasteiger partial charge in [-0.05, 0) is 12.1 Å². The molecule has 0 nitrogen and oxygen atoms in total. The molecule has 0 rings (SSSR count). The van der Waals surface area contributed by atoms with Crippen molar-refractivity contribution in [2.75, 3.05) is 0 Å². The Balaban J connectivity index is 3.15. The molecule has 0 atom stereocenters. The molecule has 12 heavy (non-hydrogen) atoms. The van der Waals surface area contributed by atoms with E-state index in [-0.39, 0.29) is 28.7 Å². The highest BCUT2D eigenvalue weighted by molar-refractivity contribution is 6.55. The van der Waals surface area contributed by atoms with E-state index in [1.165, 1.54) is 0 Å². The van der Waals surface area contributed by atoms with E-state index < -0.39 is 0 Å². The topological polar surface area (TPSA) is 0 Å². The molecule has 0 radical (unpaired) electrons. The summed E-state index contributed by atoms with van der Waals surface area (Å²) in [7, 11) is -0.354. The van der Waals surface area contributed by atoms with Gasteiger partial charge in [-0.25, -0.2) is 0 Å². The summed E-state index contributed by atoms with van der Waals surface area (Å²) >= 11 is 22.3. The molecule has 0 aromatic heterocycles. The lowest BCUT2D eigenvalue weighted by Crippen LogP contribution is -1.95. The third-order valence-electron chi connectivity index (χ3n) is 1.27. The maximum Gasteiger partial charge on any atom is 0.105 e. The molecule has 0 amide bonds. The fourth-order valence-electron chi connectivity index (χ4n) is 0.680. The second-order valence-corrected chi connectivity index (χ2v) is 8.21. The molecule has 0 unspecified atom stereocenters. The van der Waals surface area contributed by atoms with Crippen LogP contribution < -0.4 is 0 Å². The molecule has 0 saturated carbocycles. The van der Waals surface area contributed by atoms with Crippen LogP contribution in [0.2, 0.25) is 12.1 Å². The van der Waals surface area contributed by atoms with Crippen molar-refractivity contribution >= 4 is 65.4 Å². The van der Waals surface area contributed by atoms with Crippen molar-refractivity contribution in [2.45, 2.75) is 21.8 Å². The molecule has 0 fully saturated rings. The number of rotatable bonds is 6. The molecule has 0 aromatic carbocycles. The fourth-order valence-corrected chi connectivity index (χ4v) is 4.97. The highest BCUT2D eigenvalue weighted by atomic mass is 35.5. The van der Waals surface area contributed by atoms with Gasteiger partial charge in [-0.2, -0.15) is 0 Å². The molecule has 6 heteroatoms. The van der Waals surface area contributed by atoms with Crippen molar-refractivity contribution in [3.63, 3.8) is 0 Å². The molecular weight excluding hydrogens is 270 g/mol. The van der Waals surface area contributed by atoms with Crippen LogP contribution in [0.5, 0.6) is 0 Å². The molecule has 0 aromatic rings. The van der Waals surface area contributed by atoms with Crippen LogP contribution in [0.3, 0.4) is 0 Å². The first-order valence-electron chi connectivity index (χ1n) is 3.84. The van der Waals surface area contributed by atoms with Gasteiger partial charge in [0.2, 0.25) is 0 Å². The third-order valence-corrected chi connectivity index (χ3v) is 7.43. The quantitative estimate of drug-likeness (QED) is 0.518. The van der Waals surface area contributed by atoms with Gasteiger partial charge in [-0.3, -0.25) is 0 Å². The third kappa shape index (κ3) is 11.3. The highest BCUT2D eigenvalue weighted by Gasteiger charge is 1.96. The minimum atomic E-state index is -0.184. The van der Waals surface area contributed by atoms with Crippen molar-refractivity contribution in [1.29, 1.82) is 0 Å². The van der Waals surface area contributed by atoms with Crippen LogP contribution in [0.4, 0.5) is 0 Å². The summed E-state index contributed by atoms with van der Waals surface area (Å²) in [6.07, 6.45) is 0. The SMILES string of the molecule is ClC(Cl)C[SiH2]C=C[SiH2]CC(Cl)Cl. The van der Waals surface area contributed by atoms with Crippen LogP contribution in [0.1, 0.15) is 0 Å². The Morgan fingerprint density at radius 3 is 1.42 bits per heavy atom. The van der Waals surface area contributed by atoms with Crippen molar-refractivity contribution < 1.29 is 0 Å². The van der Waals surface area contributed by atoms with Crippen LogP contribution in [-0.4, -0.2) is 28.7 Å². The summed E-state index contributed by atoms with van der Waals surface area (Å²) in [5.41, 5.74) is 4.50. The van der Waals surface area contributed by atoms with E-state index in [9.17, 15) is 0 Å². The zero-order valence-corrected chi connectivity index (χ0v) is 12.5. The lowest BCUT2D eigenvalue weighted by molar-refractivity contribution is 1.35. The smallest absolute Gasteiger partial charge is 0.105 e. The second-order valence-electron chi connectivity index (χ2n) is 2.41. The Bertz CT molecular complexity index is 113. The Morgan fingerprint density at radius 2 is 1.17 bits per heavy atom. The van der Waals surface area contributed by atoms with Crippen LogP contribution >= 0.6 is 46.4 Å². The van der Waals surface area contributed by atoms with E-state index >= 15 is 0 Å². The predicted octanol–water partition coefficient (Wildman–Crippen LogP) is 2.24. The minimum absolute atomic E-state index is 0.177. The van der Waals surface area contributed by atoms with E-state index in [4.69, 9.17) is 46.4 Å². The molecule has 0 aliphatic rings. The van der Waals surface area contributed by atoms with E-state index in [0.29, 0.717) is 0 Å². The van der Waals surface area contributed by atoms with Gasteiger partial charge in [0, 0.05) is 19.0 Å². The van der Waals surface area contributed by atoms with Crippen molar-refractivity contribution in [2.24, 2.45) is 0 Å². The first-order valence-corrected chi connectivity index (χ1v) is 9.22. The molecular formula is C6H12Cl4Si2. The molecule has 0 saturated heterocycles. The molecule has 0 spiro atoms. The van der Waals surface area contributed by atoms with E-state index in [2.05, 4.69) is 11.4 Å². The molecule has 0 aliphatic carbocycles. The molecule has 0 bridgehead atoms. The van der Waals surface area contributed by atoms with Crippen molar-refractivity contribution in [3.05, 3.63) is 11.4 Å². The monoisotopic (exact) mass is 280 g/mol. The van der Waals surface area contributed by atoms with Gasteiger partial charge in [0.1, 0.15) is 9.67 Å². The lowest BCUT2D eigenvalue weighted by Gasteiger charge is -1.95. The van der Waals surface area contributed by atoms with Crippen molar-refractivity contribution in [3.8, 4) is 0 Å². The van der Waals surface area contributed by atoms with Gasteiger partial charge in [0.15, 0.2) is 0 Å². The van der Waals surface area contributed by atoms with Crippen LogP contribution in [0, 0.1) is 0 Å². The molecule has 0 N–H and O–H groups in total. The largest absolute Gasteiger partial charge is 0.110 e. The van der Waals surface area contributed by atoms with Gasteiger partial charge in [0.05, 0.1) is 0 Å². The summed E-state index contributed by atoms with van der Waals surface area (Å²) in [6.45, 7) is 0. The van der Waals surface area contributed by atoms with E-state index in [1.807, 2.05) is 0 Å². The first-order chi connectivity index (χ1) is 5.63. The zero-order chi connectivity index (χ0) is 9.40. The average molecular weight is 282 g/mol. The average Bonchev–Trinajstić information content (AvgIpc) is 1.95. The number of hydrogen-bond acceptors (Lipinski definition) is 0. The highest BCUT2D eigenvalue weighted by Crippen LogP contribution is 2.07. The molecule has 72 valence electrons. The van der Waals surface area contributed by atoms with Gasteiger partial charge in [-0.15, -0.1) is 57.8 Å².